The molecule has 112 valence electrons. The van der Waals surface area contributed by atoms with Gasteiger partial charge >= 0.3 is 0 Å². The molecule has 0 amide bonds. The summed E-state index contributed by atoms with van der Waals surface area (Å²) in [5, 5.41) is 3.14. The topological polar surface area (TPSA) is 43.4 Å². The molecule has 1 aromatic carbocycles. The van der Waals surface area contributed by atoms with Crippen molar-refractivity contribution in [3.8, 4) is 11.6 Å². The van der Waals surface area contributed by atoms with E-state index in [1.165, 1.54) is 5.56 Å². The molecule has 0 fully saturated rings. The van der Waals surface area contributed by atoms with Crippen LogP contribution < -0.4 is 14.8 Å². The SMILES string of the molecule is CCc1cc(CNC)cc(OCCOc2ccccc2)n1. The Hall–Kier alpha value is -2.07. The second-order valence-corrected chi connectivity index (χ2v) is 4.70. The molecule has 0 saturated carbocycles. The van der Waals surface area contributed by atoms with Crippen LogP contribution in [0, 0.1) is 0 Å². The standard InChI is InChI=1S/C17H22N2O2/c1-3-15-11-14(13-18-2)12-17(19-15)21-10-9-20-16-7-5-4-6-8-16/h4-8,11-12,18H,3,9-10,13H2,1-2H3. The van der Waals surface area contributed by atoms with Crippen LogP contribution in [0.25, 0.3) is 0 Å². The first-order valence-electron chi connectivity index (χ1n) is 7.27. The van der Waals surface area contributed by atoms with Crippen molar-refractivity contribution in [2.75, 3.05) is 20.3 Å². The normalized spacial score (nSPS) is 10.4. The van der Waals surface area contributed by atoms with E-state index in [0.29, 0.717) is 19.1 Å². The predicted molar refractivity (Wildman–Crippen MR) is 83.8 cm³/mol. The fraction of sp³-hybridized carbons (Fsp3) is 0.353. The molecule has 0 aliphatic heterocycles. The highest BCUT2D eigenvalue weighted by molar-refractivity contribution is 5.25. The van der Waals surface area contributed by atoms with Gasteiger partial charge in [-0.1, -0.05) is 25.1 Å². The van der Waals surface area contributed by atoms with Crippen LogP contribution in [0.1, 0.15) is 18.2 Å². The molecule has 0 spiro atoms. The van der Waals surface area contributed by atoms with Crippen LogP contribution in [0.4, 0.5) is 0 Å². The first-order chi connectivity index (χ1) is 10.3. The predicted octanol–water partition coefficient (Wildman–Crippen LogP) is 2.82. The van der Waals surface area contributed by atoms with Crippen LogP contribution in [0.2, 0.25) is 0 Å². The van der Waals surface area contributed by atoms with E-state index in [1.54, 1.807) is 0 Å². The monoisotopic (exact) mass is 286 g/mol. The molecule has 0 unspecified atom stereocenters. The zero-order valence-electron chi connectivity index (χ0n) is 12.6. The fourth-order valence-electron chi connectivity index (χ4n) is 2.00. The van der Waals surface area contributed by atoms with E-state index < -0.39 is 0 Å². The van der Waals surface area contributed by atoms with Gasteiger partial charge in [0.25, 0.3) is 0 Å². The van der Waals surface area contributed by atoms with Gasteiger partial charge in [0, 0.05) is 18.3 Å². The number of pyridine rings is 1. The van der Waals surface area contributed by atoms with Gasteiger partial charge in [-0.3, -0.25) is 0 Å². The number of nitrogens with zero attached hydrogens (tertiary/aromatic N) is 1. The van der Waals surface area contributed by atoms with Crippen molar-refractivity contribution in [2.24, 2.45) is 0 Å². The van der Waals surface area contributed by atoms with E-state index in [1.807, 2.05) is 43.4 Å². The number of hydrogen-bond donors (Lipinski definition) is 1. The lowest BCUT2D eigenvalue weighted by Crippen LogP contribution is -2.11. The summed E-state index contributed by atoms with van der Waals surface area (Å²) in [6, 6.07) is 13.8. The molecule has 1 aromatic heterocycles. The molecule has 0 radical (unpaired) electrons. The molecule has 0 aliphatic carbocycles. The number of nitrogens with one attached hydrogen (secondary N) is 1. The van der Waals surface area contributed by atoms with Crippen LogP contribution in [0.3, 0.4) is 0 Å². The van der Waals surface area contributed by atoms with E-state index in [4.69, 9.17) is 9.47 Å². The van der Waals surface area contributed by atoms with Crippen molar-refractivity contribution in [2.45, 2.75) is 19.9 Å². The lowest BCUT2D eigenvalue weighted by molar-refractivity contribution is 0.211. The van der Waals surface area contributed by atoms with Gasteiger partial charge in [-0.05, 0) is 37.2 Å². The van der Waals surface area contributed by atoms with E-state index >= 15 is 0 Å². The van der Waals surface area contributed by atoms with Crippen LogP contribution >= 0.6 is 0 Å². The molecule has 4 heteroatoms. The molecular weight excluding hydrogens is 264 g/mol. The molecule has 1 N–H and O–H groups in total. The number of aryl methyl sites for hydroxylation is 1. The molecule has 4 nitrogen and oxygen atoms in total. The highest BCUT2D eigenvalue weighted by Crippen LogP contribution is 2.14. The summed E-state index contributed by atoms with van der Waals surface area (Å²) in [5.74, 6) is 1.52. The van der Waals surface area contributed by atoms with Gasteiger partial charge in [-0.15, -0.1) is 0 Å². The molecule has 1 heterocycles. The summed E-state index contributed by atoms with van der Waals surface area (Å²) in [5.41, 5.74) is 2.23. The number of hydrogen-bond acceptors (Lipinski definition) is 4. The Morgan fingerprint density at radius 1 is 1.05 bits per heavy atom. The van der Waals surface area contributed by atoms with Crippen molar-refractivity contribution in [3.63, 3.8) is 0 Å². The average Bonchev–Trinajstić information content (AvgIpc) is 2.53. The van der Waals surface area contributed by atoms with Crippen molar-refractivity contribution in [3.05, 3.63) is 53.7 Å². The van der Waals surface area contributed by atoms with E-state index in [0.717, 1.165) is 24.4 Å². The Bertz CT molecular complexity index is 544. The first-order valence-corrected chi connectivity index (χ1v) is 7.27. The molecule has 0 aliphatic rings. The maximum atomic E-state index is 5.69. The summed E-state index contributed by atoms with van der Waals surface area (Å²) < 4.78 is 11.3. The Morgan fingerprint density at radius 3 is 2.52 bits per heavy atom. The third-order valence-electron chi connectivity index (χ3n) is 3.00. The second kappa shape index (κ2) is 8.27. The van der Waals surface area contributed by atoms with Crippen molar-refractivity contribution >= 4 is 0 Å². The quantitative estimate of drug-likeness (QED) is 0.758. The zero-order valence-corrected chi connectivity index (χ0v) is 12.6. The lowest BCUT2D eigenvalue weighted by Gasteiger charge is -2.10. The minimum Gasteiger partial charge on any atom is -0.490 e. The van der Waals surface area contributed by atoms with Gasteiger partial charge in [0.05, 0.1) is 0 Å². The third kappa shape index (κ3) is 5.08. The van der Waals surface area contributed by atoms with Gasteiger partial charge in [0.15, 0.2) is 0 Å². The van der Waals surface area contributed by atoms with E-state index in [-0.39, 0.29) is 0 Å². The van der Waals surface area contributed by atoms with Crippen LogP contribution in [0.15, 0.2) is 42.5 Å². The maximum absolute atomic E-state index is 5.69. The summed E-state index contributed by atoms with van der Waals surface area (Å²) >= 11 is 0. The molecule has 0 bridgehead atoms. The Morgan fingerprint density at radius 2 is 1.81 bits per heavy atom. The fourth-order valence-corrected chi connectivity index (χ4v) is 2.00. The molecular formula is C17H22N2O2. The zero-order chi connectivity index (χ0) is 14.9. The minimum atomic E-state index is 0.480. The summed E-state index contributed by atoms with van der Waals surface area (Å²) in [6.07, 6.45) is 0.897. The largest absolute Gasteiger partial charge is 0.490 e. The third-order valence-corrected chi connectivity index (χ3v) is 3.00. The van der Waals surface area contributed by atoms with E-state index in [9.17, 15) is 0 Å². The number of rotatable bonds is 8. The molecule has 2 rings (SSSR count). The van der Waals surface area contributed by atoms with Crippen molar-refractivity contribution in [1.29, 1.82) is 0 Å². The average molecular weight is 286 g/mol. The number of aromatic nitrogens is 1. The molecule has 2 aromatic rings. The van der Waals surface area contributed by atoms with Crippen molar-refractivity contribution < 1.29 is 9.47 Å². The van der Waals surface area contributed by atoms with Gasteiger partial charge in [-0.25, -0.2) is 4.98 Å². The highest BCUT2D eigenvalue weighted by atomic mass is 16.5. The van der Waals surface area contributed by atoms with E-state index in [2.05, 4.69) is 23.3 Å². The Balaban J connectivity index is 1.86. The van der Waals surface area contributed by atoms with Gasteiger partial charge in [0.1, 0.15) is 19.0 Å². The number of benzene rings is 1. The van der Waals surface area contributed by atoms with Crippen LogP contribution in [-0.4, -0.2) is 25.2 Å². The summed E-state index contributed by atoms with van der Waals surface area (Å²) in [7, 11) is 1.93. The summed E-state index contributed by atoms with van der Waals surface area (Å²) in [6.45, 7) is 3.89. The number of ether oxygens (including phenoxy) is 2. The summed E-state index contributed by atoms with van der Waals surface area (Å²) in [4.78, 5) is 4.47. The smallest absolute Gasteiger partial charge is 0.213 e. The Labute approximate surface area is 126 Å². The Kier molecular flexibility index (Phi) is 6.03. The lowest BCUT2D eigenvalue weighted by atomic mass is 10.2. The molecule has 21 heavy (non-hydrogen) atoms. The van der Waals surface area contributed by atoms with Crippen molar-refractivity contribution in [1.82, 2.24) is 10.3 Å². The second-order valence-electron chi connectivity index (χ2n) is 4.70. The van der Waals surface area contributed by atoms with Crippen LogP contribution in [-0.2, 0) is 13.0 Å². The first kappa shape index (κ1) is 15.3. The van der Waals surface area contributed by atoms with Gasteiger partial charge in [0.2, 0.25) is 5.88 Å². The molecule has 0 atom stereocenters. The highest BCUT2D eigenvalue weighted by Gasteiger charge is 2.03. The maximum Gasteiger partial charge on any atom is 0.213 e. The number of para-hydroxylation sites is 1. The molecule has 0 saturated heterocycles. The van der Waals surface area contributed by atoms with Crippen LogP contribution in [0.5, 0.6) is 11.6 Å². The van der Waals surface area contributed by atoms with Gasteiger partial charge in [-0.2, -0.15) is 0 Å². The minimum absolute atomic E-state index is 0.480. The van der Waals surface area contributed by atoms with Gasteiger partial charge < -0.3 is 14.8 Å².